The molecule has 2 rings (SSSR count). The fourth-order valence-corrected chi connectivity index (χ4v) is 2.69. The molecule has 0 saturated carbocycles. The summed E-state index contributed by atoms with van der Waals surface area (Å²) in [5.41, 5.74) is -0.0180. The number of hydrogen-bond donors (Lipinski definition) is 0. The normalized spacial score (nSPS) is 10.4. The lowest BCUT2D eigenvalue weighted by Crippen LogP contribution is -1.96. The van der Waals surface area contributed by atoms with Crippen LogP contribution < -0.4 is 9.47 Å². The standard InChI is InChI=1S/C12H10INO4/c1-17-9-5-4-8-7(11(9)13)3-6-10(18-2)12(8)14(15)16/h3-6H,1-2H3. The summed E-state index contributed by atoms with van der Waals surface area (Å²) in [5, 5.41) is 12.5. The van der Waals surface area contributed by atoms with Crippen molar-refractivity contribution in [3.05, 3.63) is 37.9 Å². The van der Waals surface area contributed by atoms with Crippen molar-refractivity contribution in [3.8, 4) is 11.5 Å². The van der Waals surface area contributed by atoms with Gasteiger partial charge >= 0.3 is 5.69 Å². The molecule has 2 aromatic rings. The van der Waals surface area contributed by atoms with Crippen molar-refractivity contribution in [2.24, 2.45) is 0 Å². The van der Waals surface area contributed by atoms with E-state index in [0.717, 1.165) is 8.96 Å². The Kier molecular flexibility index (Phi) is 3.55. The number of hydrogen-bond acceptors (Lipinski definition) is 4. The van der Waals surface area contributed by atoms with E-state index < -0.39 is 4.92 Å². The Labute approximate surface area is 117 Å². The molecule has 0 unspecified atom stereocenters. The predicted molar refractivity (Wildman–Crippen MR) is 76.4 cm³/mol. The number of nitro benzene ring substituents is 1. The van der Waals surface area contributed by atoms with Gasteiger partial charge in [-0.3, -0.25) is 10.1 Å². The van der Waals surface area contributed by atoms with Crippen molar-refractivity contribution >= 4 is 39.1 Å². The number of ether oxygens (including phenoxy) is 2. The van der Waals surface area contributed by atoms with Crippen LogP contribution in [0.2, 0.25) is 0 Å². The second-order valence-corrected chi connectivity index (χ2v) is 4.63. The van der Waals surface area contributed by atoms with E-state index in [1.54, 1.807) is 31.4 Å². The van der Waals surface area contributed by atoms with Gasteiger partial charge in [0.25, 0.3) is 0 Å². The largest absolute Gasteiger partial charge is 0.496 e. The van der Waals surface area contributed by atoms with E-state index in [4.69, 9.17) is 9.47 Å². The Morgan fingerprint density at radius 1 is 1.06 bits per heavy atom. The van der Waals surface area contributed by atoms with Crippen molar-refractivity contribution in [1.82, 2.24) is 0 Å². The van der Waals surface area contributed by atoms with Crippen molar-refractivity contribution in [2.75, 3.05) is 14.2 Å². The van der Waals surface area contributed by atoms with E-state index in [9.17, 15) is 10.1 Å². The molecule has 0 aromatic heterocycles. The Morgan fingerprint density at radius 2 is 1.61 bits per heavy atom. The van der Waals surface area contributed by atoms with Crippen molar-refractivity contribution in [1.29, 1.82) is 0 Å². The van der Waals surface area contributed by atoms with Crippen LogP contribution in [0, 0.1) is 13.7 Å². The molecule has 0 spiro atoms. The first kappa shape index (κ1) is 12.9. The first-order valence-electron chi connectivity index (χ1n) is 5.07. The molecule has 0 bridgehead atoms. The van der Waals surface area contributed by atoms with Gasteiger partial charge in [0.2, 0.25) is 0 Å². The van der Waals surface area contributed by atoms with Gasteiger partial charge in [0.15, 0.2) is 5.75 Å². The van der Waals surface area contributed by atoms with Gasteiger partial charge in [0, 0.05) is 5.39 Å². The van der Waals surface area contributed by atoms with E-state index in [2.05, 4.69) is 22.6 Å². The van der Waals surface area contributed by atoms with Crippen molar-refractivity contribution in [2.45, 2.75) is 0 Å². The Morgan fingerprint density at radius 3 is 2.17 bits per heavy atom. The van der Waals surface area contributed by atoms with Crippen molar-refractivity contribution in [3.63, 3.8) is 0 Å². The number of fused-ring (bicyclic) bond motifs is 1. The molecule has 6 heteroatoms. The third kappa shape index (κ3) is 1.96. The number of rotatable bonds is 3. The van der Waals surface area contributed by atoms with Crippen LogP contribution in [0.25, 0.3) is 10.8 Å². The summed E-state index contributed by atoms with van der Waals surface area (Å²) < 4.78 is 11.1. The molecular weight excluding hydrogens is 349 g/mol. The van der Waals surface area contributed by atoms with Crippen LogP contribution in [0.5, 0.6) is 11.5 Å². The molecule has 0 radical (unpaired) electrons. The molecule has 0 atom stereocenters. The zero-order valence-electron chi connectivity index (χ0n) is 9.77. The molecule has 18 heavy (non-hydrogen) atoms. The number of nitrogens with zero attached hydrogens (tertiary/aromatic N) is 1. The highest BCUT2D eigenvalue weighted by Crippen LogP contribution is 2.39. The van der Waals surface area contributed by atoms with E-state index in [-0.39, 0.29) is 11.4 Å². The minimum atomic E-state index is -0.427. The SMILES string of the molecule is COc1ccc2c([N+](=O)[O-])c(OC)ccc2c1I. The Bertz CT molecular complexity index is 627. The molecule has 0 amide bonds. The maximum Gasteiger partial charge on any atom is 0.318 e. The Hall–Kier alpha value is -1.57. The summed E-state index contributed by atoms with van der Waals surface area (Å²) in [6.07, 6.45) is 0. The number of nitro groups is 1. The summed E-state index contributed by atoms with van der Waals surface area (Å²) in [5.74, 6) is 0.955. The summed E-state index contributed by atoms with van der Waals surface area (Å²) in [7, 11) is 2.99. The number of methoxy groups -OCH3 is 2. The molecular formula is C12H10INO4. The quantitative estimate of drug-likeness (QED) is 0.479. The topological polar surface area (TPSA) is 61.6 Å². The second-order valence-electron chi connectivity index (χ2n) is 3.55. The molecule has 0 N–H and O–H groups in total. The molecule has 0 heterocycles. The first-order chi connectivity index (χ1) is 8.60. The molecule has 0 aliphatic rings. The van der Waals surface area contributed by atoms with Gasteiger partial charge in [0.1, 0.15) is 5.75 Å². The van der Waals surface area contributed by atoms with Gasteiger partial charge in [-0.1, -0.05) is 0 Å². The Balaban J connectivity index is 2.86. The molecule has 94 valence electrons. The smallest absolute Gasteiger partial charge is 0.318 e. The number of benzene rings is 2. The number of halogens is 1. The maximum atomic E-state index is 11.2. The zero-order chi connectivity index (χ0) is 13.3. The second kappa shape index (κ2) is 4.97. The lowest BCUT2D eigenvalue weighted by Gasteiger charge is -2.09. The summed E-state index contributed by atoms with van der Waals surface area (Å²) in [6, 6.07) is 6.79. The molecule has 2 aromatic carbocycles. The van der Waals surface area contributed by atoms with Gasteiger partial charge in [0.05, 0.1) is 28.1 Å². The van der Waals surface area contributed by atoms with Crippen LogP contribution in [-0.4, -0.2) is 19.1 Å². The minimum Gasteiger partial charge on any atom is -0.496 e. The highest BCUT2D eigenvalue weighted by atomic mass is 127. The lowest BCUT2D eigenvalue weighted by molar-refractivity contribution is -0.383. The lowest BCUT2D eigenvalue weighted by atomic mass is 10.1. The van der Waals surface area contributed by atoms with E-state index >= 15 is 0 Å². The summed E-state index contributed by atoms with van der Waals surface area (Å²) in [4.78, 5) is 10.7. The van der Waals surface area contributed by atoms with Crippen LogP contribution in [0.15, 0.2) is 24.3 Å². The molecule has 0 aliphatic carbocycles. The highest BCUT2D eigenvalue weighted by Gasteiger charge is 2.21. The molecule has 0 aliphatic heterocycles. The van der Waals surface area contributed by atoms with E-state index in [0.29, 0.717) is 11.1 Å². The third-order valence-corrected chi connectivity index (χ3v) is 3.77. The van der Waals surface area contributed by atoms with Crippen LogP contribution >= 0.6 is 22.6 Å². The van der Waals surface area contributed by atoms with Gasteiger partial charge in [-0.2, -0.15) is 0 Å². The monoisotopic (exact) mass is 359 g/mol. The average molecular weight is 359 g/mol. The van der Waals surface area contributed by atoms with E-state index in [1.807, 2.05) is 0 Å². The van der Waals surface area contributed by atoms with Crippen LogP contribution in [0.3, 0.4) is 0 Å². The highest BCUT2D eigenvalue weighted by molar-refractivity contribution is 14.1. The third-order valence-electron chi connectivity index (χ3n) is 2.66. The van der Waals surface area contributed by atoms with E-state index in [1.165, 1.54) is 7.11 Å². The fraction of sp³-hybridized carbons (Fsp3) is 0.167. The molecule has 0 saturated heterocycles. The van der Waals surface area contributed by atoms with Crippen LogP contribution in [0.4, 0.5) is 5.69 Å². The average Bonchev–Trinajstić information content (AvgIpc) is 2.37. The summed E-state index contributed by atoms with van der Waals surface area (Å²) >= 11 is 2.11. The predicted octanol–water partition coefficient (Wildman–Crippen LogP) is 3.37. The van der Waals surface area contributed by atoms with Crippen LogP contribution in [0.1, 0.15) is 0 Å². The fourth-order valence-electron chi connectivity index (χ4n) is 1.82. The first-order valence-corrected chi connectivity index (χ1v) is 6.15. The van der Waals surface area contributed by atoms with Crippen molar-refractivity contribution < 1.29 is 14.4 Å². The van der Waals surface area contributed by atoms with Gasteiger partial charge in [-0.25, -0.2) is 0 Å². The van der Waals surface area contributed by atoms with Gasteiger partial charge < -0.3 is 9.47 Å². The summed E-state index contributed by atoms with van der Waals surface area (Å²) in [6.45, 7) is 0. The zero-order valence-corrected chi connectivity index (χ0v) is 11.9. The van der Waals surface area contributed by atoms with Gasteiger partial charge in [-0.05, 0) is 46.9 Å². The van der Waals surface area contributed by atoms with Gasteiger partial charge in [-0.15, -0.1) is 0 Å². The van der Waals surface area contributed by atoms with Crippen LogP contribution in [-0.2, 0) is 0 Å². The maximum absolute atomic E-state index is 11.2. The minimum absolute atomic E-state index is 0.0180. The molecule has 5 nitrogen and oxygen atoms in total. The molecule has 0 fully saturated rings.